The van der Waals surface area contributed by atoms with Crippen LogP contribution in [0.2, 0.25) is 0 Å². The predicted molar refractivity (Wildman–Crippen MR) is 97.2 cm³/mol. The molecule has 1 aliphatic rings. The van der Waals surface area contributed by atoms with Gasteiger partial charge >= 0.3 is 0 Å². The highest BCUT2D eigenvalue weighted by molar-refractivity contribution is 5.77. The zero-order chi connectivity index (χ0) is 17.8. The van der Waals surface area contributed by atoms with Crippen LogP contribution >= 0.6 is 0 Å². The highest BCUT2D eigenvalue weighted by atomic mass is 16.2. The number of hydrogen-bond donors (Lipinski definition) is 1. The number of hydrogen-bond acceptors (Lipinski definition) is 6. The van der Waals surface area contributed by atoms with Crippen LogP contribution < -0.4 is 5.32 Å². The van der Waals surface area contributed by atoms with Gasteiger partial charge in [0.2, 0.25) is 5.91 Å². The Labute approximate surface area is 146 Å². The molecule has 1 fully saturated rings. The maximum Gasteiger partial charge on any atom is 0.233 e. The summed E-state index contributed by atoms with van der Waals surface area (Å²) >= 11 is 0. The lowest BCUT2D eigenvalue weighted by Crippen LogP contribution is -2.47. The number of carbonyl (C=O) groups excluding carboxylic acids is 2. The van der Waals surface area contributed by atoms with Gasteiger partial charge in [-0.2, -0.15) is 0 Å². The Morgan fingerprint density at radius 2 is 1.25 bits per heavy atom. The molecule has 1 amide bonds. The van der Waals surface area contributed by atoms with Crippen molar-refractivity contribution in [2.24, 2.45) is 0 Å². The van der Waals surface area contributed by atoms with E-state index in [0.29, 0.717) is 13.1 Å². The molecule has 0 aromatic heterocycles. The molecule has 1 aliphatic heterocycles. The van der Waals surface area contributed by atoms with Crippen LogP contribution in [0.15, 0.2) is 0 Å². The molecule has 0 aliphatic carbocycles. The normalized spacial score (nSPS) is 21.0. The van der Waals surface area contributed by atoms with Crippen molar-refractivity contribution in [1.82, 2.24) is 24.9 Å². The fourth-order valence-corrected chi connectivity index (χ4v) is 2.94. The summed E-state index contributed by atoms with van der Waals surface area (Å²) in [5.74, 6) is 0.0456. The van der Waals surface area contributed by atoms with Gasteiger partial charge in [0, 0.05) is 59.4 Å². The summed E-state index contributed by atoms with van der Waals surface area (Å²) in [7, 11) is 1.68. The number of amides is 1. The Kier molecular flexibility index (Phi) is 10.8. The minimum absolute atomic E-state index is 0.0456. The van der Waals surface area contributed by atoms with Gasteiger partial charge in [0.1, 0.15) is 6.29 Å². The minimum Gasteiger partial charge on any atom is -0.358 e. The van der Waals surface area contributed by atoms with E-state index < -0.39 is 0 Å². The summed E-state index contributed by atoms with van der Waals surface area (Å²) in [6, 6.07) is 0. The third-order valence-electron chi connectivity index (χ3n) is 4.80. The van der Waals surface area contributed by atoms with E-state index in [1.165, 1.54) is 0 Å². The maximum absolute atomic E-state index is 11.8. The average molecular weight is 342 g/mol. The third-order valence-corrected chi connectivity index (χ3v) is 4.80. The lowest BCUT2D eigenvalue weighted by molar-refractivity contribution is -0.122. The lowest BCUT2D eigenvalue weighted by Gasteiger charge is -2.33. The molecule has 0 spiro atoms. The SMILES string of the molecule is CCN1CCN(CC)CCN(CC(=O)NC)CCN(CC=O)CC1. The van der Waals surface area contributed by atoms with Crippen LogP contribution in [0.25, 0.3) is 0 Å². The highest BCUT2D eigenvalue weighted by Crippen LogP contribution is 2.00. The van der Waals surface area contributed by atoms with Crippen LogP contribution in [0.4, 0.5) is 0 Å². The van der Waals surface area contributed by atoms with Gasteiger partial charge in [0.25, 0.3) is 0 Å². The average Bonchev–Trinajstić information content (AvgIpc) is 2.59. The second-order valence-electron chi connectivity index (χ2n) is 6.29. The second-order valence-corrected chi connectivity index (χ2v) is 6.29. The topological polar surface area (TPSA) is 59.1 Å². The molecule has 0 unspecified atom stereocenters. The first-order chi connectivity index (χ1) is 11.6. The first-order valence-corrected chi connectivity index (χ1v) is 9.16. The predicted octanol–water partition coefficient (Wildman–Crippen LogP) is -0.807. The Morgan fingerprint density at radius 1 is 0.833 bits per heavy atom. The van der Waals surface area contributed by atoms with Crippen LogP contribution in [0.5, 0.6) is 0 Å². The van der Waals surface area contributed by atoms with E-state index in [4.69, 9.17) is 0 Å². The third kappa shape index (κ3) is 8.19. The lowest BCUT2D eigenvalue weighted by atomic mass is 10.3. The molecule has 0 atom stereocenters. The van der Waals surface area contributed by atoms with Gasteiger partial charge in [-0.3, -0.25) is 14.6 Å². The Balaban J connectivity index is 2.72. The molecule has 0 saturated carbocycles. The van der Waals surface area contributed by atoms with Crippen molar-refractivity contribution in [1.29, 1.82) is 0 Å². The van der Waals surface area contributed by atoms with Crippen molar-refractivity contribution in [3.05, 3.63) is 0 Å². The molecule has 140 valence electrons. The molecule has 1 N–H and O–H groups in total. The monoisotopic (exact) mass is 341 g/mol. The molecule has 1 heterocycles. The van der Waals surface area contributed by atoms with Gasteiger partial charge in [-0.1, -0.05) is 13.8 Å². The van der Waals surface area contributed by atoms with Crippen molar-refractivity contribution < 1.29 is 9.59 Å². The smallest absolute Gasteiger partial charge is 0.233 e. The van der Waals surface area contributed by atoms with Gasteiger partial charge in [-0.25, -0.2) is 0 Å². The van der Waals surface area contributed by atoms with E-state index >= 15 is 0 Å². The number of nitrogens with zero attached hydrogens (tertiary/aromatic N) is 4. The highest BCUT2D eigenvalue weighted by Gasteiger charge is 2.16. The van der Waals surface area contributed by atoms with E-state index in [2.05, 4.69) is 38.8 Å². The number of likely N-dealkylation sites (N-methyl/N-ethyl adjacent to an activating group) is 3. The first kappa shape index (κ1) is 21.0. The Morgan fingerprint density at radius 3 is 1.62 bits per heavy atom. The van der Waals surface area contributed by atoms with Crippen LogP contribution in [-0.4, -0.2) is 117 Å². The van der Waals surface area contributed by atoms with Gasteiger partial charge in [-0.15, -0.1) is 0 Å². The van der Waals surface area contributed by atoms with Crippen molar-refractivity contribution in [3.8, 4) is 0 Å². The van der Waals surface area contributed by atoms with Crippen LogP contribution in [-0.2, 0) is 9.59 Å². The van der Waals surface area contributed by atoms with Crippen molar-refractivity contribution in [2.75, 3.05) is 85.6 Å². The molecule has 7 heteroatoms. The zero-order valence-corrected chi connectivity index (χ0v) is 15.7. The summed E-state index contributed by atoms with van der Waals surface area (Å²) in [6.07, 6.45) is 0.976. The molecular formula is C17H35N5O2. The quantitative estimate of drug-likeness (QED) is 0.638. The van der Waals surface area contributed by atoms with E-state index in [0.717, 1.165) is 71.7 Å². The molecule has 0 bridgehead atoms. The summed E-state index contributed by atoms with van der Waals surface area (Å²) in [5, 5.41) is 2.70. The zero-order valence-electron chi connectivity index (χ0n) is 15.7. The molecule has 0 aromatic rings. The van der Waals surface area contributed by atoms with Crippen LogP contribution in [0, 0.1) is 0 Å². The van der Waals surface area contributed by atoms with Gasteiger partial charge in [0.05, 0.1) is 13.1 Å². The van der Waals surface area contributed by atoms with Crippen LogP contribution in [0.3, 0.4) is 0 Å². The number of nitrogens with one attached hydrogen (secondary N) is 1. The minimum atomic E-state index is 0.0456. The molecule has 1 saturated heterocycles. The molecule has 0 radical (unpaired) electrons. The second kappa shape index (κ2) is 12.4. The maximum atomic E-state index is 11.8. The molecule has 24 heavy (non-hydrogen) atoms. The molecule has 0 aromatic carbocycles. The summed E-state index contributed by atoms with van der Waals surface area (Å²) in [5.41, 5.74) is 0. The Bertz CT molecular complexity index is 367. The first-order valence-electron chi connectivity index (χ1n) is 9.16. The number of rotatable bonds is 6. The number of aldehydes is 1. The largest absolute Gasteiger partial charge is 0.358 e. The van der Waals surface area contributed by atoms with Gasteiger partial charge in [0.15, 0.2) is 0 Å². The van der Waals surface area contributed by atoms with E-state index in [-0.39, 0.29) is 5.91 Å². The molecule has 7 nitrogen and oxygen atoms in total. The molecule has 1 rings (SSSR count). The summed E-state index contributed by atoms with van der Waals surface area (Å²) in [4.78, 5) is 32.0. The van der Waals surface area contributed by atoms with E-state index in [1.807, 2.05) is 0 Å². The Hall–Kier alpha value is -1.02. The van der Waals surface area contributed by atoms with Gasteiger partial charge in [-0.05, 0) is 13.1 Å². The van der Waals surface area contributed by atoms with Crippen molar-refractivity contribution in [2.45, 2.75) is 13.8 Å². The number of carbonyl (C=O) groups is 2. The van der Waals surface area contributed by atoms with E-state index in [1.54, 1.807) is 7.05 Å². The fraction of sp³-hybridized carbons (Fsp3) is 0.882. The summed E-state index contributed by atoms with van der Waals surface area (Å²) < 4.78 is 0. The van der Waals surface area contributed by atoms with Crippen molar-refractivity contribution in [3.63, 3.8) is 0 Å². The fourth-order valence-electron chi connectivity index (χ4n) is 2.94. The van der Waals surface area contributed by atoms with E-state index in [9.17, 15) is 9.59 Å². The van der Waals surface area contributed by atoms with Gasteiger partial charge < -0.3 is 19.9 Å². The summed E-state index contributed by atoms with van der Waals surface area (Å²) in [6.45, 7) is 14.8. The standard InChI is InChI=1S/C17H35N5O2/c1-4-19-6-7-20(5-2)9-12-22(16-17(24)18-3)13-11-21(10-8-19)14-15-23/h15H,4-14,16H2,1-3H3,(H,18,24). The molecular weight excluding hydrogens is 306 g/mol. The van der Waals surface area contributed by atoms with Crippen LogP contribution in [0.1, 0.15) is 13.8 Å². The van der Waals surface area contributed by atoms with Crippen molar-refractivity contribution >= 4 is 12.2 Å².